The van der Waals surface area contributed by atoms with Crippen LogP contribution in [0.25, 0.3) is 21.8 Å². The monoisotopic (exact) mass is 204 g/mol. The second kappa shape index (κ2) is 2.76. The molecule has 0 atom stereocenters. The fraction of sp³-hybridized carbons (Fsp3) is 0. The lowest BCUT2D eigenvalue weighted by atomic mass is 10.2. The average molecular weight is 204 g/mol. The molecule has 2 aromatic heterocycles. The molecule has 2 heterocycles. The highest BCUT2D eigenvalue weighted by molar-refractivity contribution is 6.06. The number of pyridine rings is 1. The van der Waals surface area contributed by atoms with Crippen LogP contribution in [0.5, 0.6) is 0 Å². The molecule has 0 saturated carbocycles. The summed E-state index contributed by atoms with van der Waals surface area (Å²) in [6, 6.07) is 4.36. The van der Waals surface area contributed by atoms with Gasteiger partial charge in [-0.1, -0.05) is 0 Å². The maximum absolute atomic E-state index is 13.5. The second-order valence-electron chi connectivity index (χ2n) is 3.33. The summed E-state index contributed by atoms with van der Waals surface area (Å²) in [4.78, 5) is 6.90. The van der Waals surface area contributed by atoms with Crippen molar-refractivity contribution in [3.8, 4) is 0 Å². The third-order valence-corrected chi connectivity index (χ3v) is 2.45. The van der Waals surface area contributed by atoms with Crippen LogP contribution >= 0.6 is 0 Å². The van der Waals surface area contributed by atoms with E-state index in [1.54, 1.807) is 12.3 Å². The molecular weight excluding hydrogens is 198 g/mol. The minimum atomic E-state index is -0.841. The number of halogens is 2. The highest BCUT2D eigenvalue weighted by Crippen LogP contribution is 2.27. The van der Waals surface area contributed by atoms with Gasteiger partial charge in [-0.2, -0.15) is 0 Å². The van der Waals surface area contributed by atoms with Crippen LogP contribution in [0.3, 0.4) is 0 Å². The number of rotatable bonds is 0. The topological polar surface area (TPSA) is 28.7 Å². The van der Waals surface area contributed by atoms with E-state index in [1.165, 1.54) is 12.3 Å². The Labute approximate surface area is 83.6 Å². The second-order valence-corrected chi connectivity index (χ2v) is 3.33. The van der Waals surface area contributed by atoms with Gasteiger partial charge in [-0.05, 0) is 18.2 Å². The zero-order chi connectivity index (χ0) is 10.4. The van der Waals surface area contributed by atoms with Crippen molar-refractivity contribution in [3.05, 3.63) is 42.2 Å². The normalized spacial score (nSPS) is 11.3. The van der Waals surface area contributed by atoms with Crippen LogP contribution in [0, 0.1) is 11.6 Å². The molecule has 1 N–H and O–H groups in total. The Balaban J connectivity index is 2.63. The maximum Gasteiger partial charge on any atom is 0.168 e. The zero-order valence-electron chi connectivity index (χ0n) is 7.59. The van der Waals surface area contributed by atoms with Gasteiger partial charge in [0.15, 0.2) is 11.6 Å². The summed E-state index contributed by atoms with van der Waals surface area (Å²) in [5.41, 5.74) is 1.33. The third-order valence-electron chi connectivity index (χ3n) is 2.45. The quantitative estimate of drug-likeness (QED) is 0.599. The molecule has 1 aromatic carbocycles. The van der Waals surface area contributed by atoms with Gasteiger partial charge >= 0.3 is 0 Å². The number of hydrogen-bond acceptors (Lipinski definition) is 1. The number of aromatic nitrogens is 2. The summed E-state index contributed by atoms with van der Waals surface area (Å²) in [5, 5.41) is 0.864. The molecule has 0 fully saturated rings. The van der Waals surface area contributed by atoms with E-state index in [1.807, 2.05) is 0 Å². The SMILES string of the molecule is Fc1ccc2[nH]c3ccncc3c2c1F. The summed E-state index contributed by atoms with van der Waals surface area (Å²) in [7, 11) is 0. The molecule has 0 radical (unpaired) electrons. The number of fused-ring (bicyclic) bond motifs is 3. The average Bonchev–Trinajstić information content (AvgIpc) is 2.62. The highest BCUT2D eigenvalue weighted by atomic mass is 19.2. The van der Waals surface area contributed by atoms with Crippen molar-refractivity contribution in [2.24, 2.45) is 0 Å². The number of nitrogens with zero attached hydrogens (tertiary/aromatic N) is 1. The van der Waals surface area contributed by atoms with E-state index in [0.29, 0.717) is 10.9 Å². The van der Waals surface area contributed by atoms with E-state index in [-0.39, 0.29) is 5.39 Å². The molecule has 15 heavy (non-hydrogen) atoms. The lowest BCUT2D eigenvalue weighted by Crippen LogP contribution is -1.83. The van der Waals surface area contributed by atoms with Gasteiger partial charge in [-0.25, -0.2) is 8.78 Å². The molecule has 0 unspecified atom stereocenters. The van der Waals surface area contributed by atoms with Gasteiger partial charge in [-0.15, -0.1) is 0 Å². The lowest BCUT2D eigenvalue weighted by Gasteiger charge is -1.94. The van der Waals surface area contributed by atoms with Crippen LogP contribution in [0.4, 0.5) is 8.78 Å². The standard InChI is InChI=1S/C11H6F2N2/c12-7-1-2-9-10(11(7)13)6-5-14-4-3-8(6)15-9/h1-5,15H. The molecule has 0 bridgehead atoms. The largest absolute Gasteiger partial charge is 0.354 e. The fourth-order valence-electron chi connectivity index (χ4n) is 1.77. The summed E-state index contributed by atoms with van der Waals surface area (Å²) in [6.45, 7) is 0. The summed E-state index contributed by atoms with van der Waals surface area (Å²) >= 11 is 0. The number of H-pyrrole nitrogens is 1. The summed E-state index contributed by atoms with van der Waals surface area (Å²) in [6.07, 6.45) is 3.13. The Morgan fingerprint density at radius 3 is 2.80 bits per heavy atom. The maximum atomic E-state index is 13.5. The van der Waals surface area contributed by atoms with Crippen LogP contribution < -0.4 is 0 Å². The van der Waals surface area contributed by atoms with E-state index in [4.69, 9.17) is 0 Å². The Hall–Kier alpha value is -1.97. The van der Waals surface area contributed by atoms with Crippen molar-refractivity contribution >= 4 is 21.8 Å². The molecule has 2 nitrogen and oxygen atoms in total. The van der Waals surface area contributed by atoms with E-state index < -0.39 is 11.6 Å². The molecule has 4 heteroatoms. The number of nitrogens with one attached hydrogen (secondary N) is 1. The number of benzene rings is 1. The Morgan fingerprint density at radius 2 is 1.93 bits per heavy atom. The van der Waals surface area contributed by atoms with Crippen molar-refractivity contribution in [1.29, 1.82) is 0 Å². The van der Waals surface area contributed by atoms with E-state index >= 15 is 0 Å². The summed E-state index contributed by atoms with van der Waals surface area (Å²) in [5.74, 6) is -1.67. The van der Waals surface area contributed by atoms with Gasteiger partial charge in [-0.3, -0.25) is 4.98 Å². The molecule has 0 spiro atoms. The molecule has 0 aliphatic carbocycles. The molecule has 0 aliphatic heterocycles. The fourth-order valence-corrected chi connectivity index (χ4v) is 1.77. The third kappa shape index (κ3) is 1.05. The van der Waals surface area contributed by atoms with Crippen LogP contribution in [-0.4, -0.2) is 9.97 Å². The molecule has 0 aliphatic rings. The van der Waals surface area contributed by atoms with Gasteiger partial charge in [0.2, 0.25) is 0 Å². The molecular formula is C11H6F2N2. The first-order chi connectivity index (χ1) is 7.27. The minimum Gasteiger partial charge on any atom is -0.354 e. The van der Waals surface area contributed by atoms with Crippen LogP contribution in [-0.2, 0) is 0 Å². The van der Waals surface area contributed by atoms with Gasteiger partial charge in [0.05, 0.1) is 0 Å². The van der Waals surface area contributed by atoms with Crippen molar-refractivity contribution in [1.82, 2.24) is 9.97 Å². The predicted octanol–water partition coefficient (Wildman–Crippen LogP) is 2.99. The Bertz CT molecular complexity index is 658. The molecule has 3 aromatic rings. The van der Waals surface area contributed by atoms with E-state index in [2.05, 4.69) is 9.97 Å². The van der Waals surface area contributed by atoms with Crippen molar-refractivity contribution in [2.45, 2.75) is 0 Å². The lowest BCUT2D eigenvalue weighted by molar-refractivity contribution is 0.517. The Kier molecular flexibility index (Phi) is 1.54. The number of hydrogen-bond donors (Lipinski definition) is 1. The first-order valence-corrected chi connectivity index (χ1v) is 4.47. The van der Waals surface area contributed by atoms with Gasteiger partial charge in [0, 0.05) is 34.2 Å². The molecule has 3 rings (SSSR count). The van der Waals surface area contributed by atoms with Crippen LogP contribution in [0.1, 0.15) is 0 Å². The van der Waals surface area contributed by atoms with Gasteiger partial charge < -0.3 is 4.98 Å². The van der Waals surface area contributed by atoms with E-state index in [0.717, 1.165) is 11.6 Å². The van der Waals surface area contributed by atoms with Gasteiger partial charge in [0.25, 0.3) is 0 Å². The molecule has 0 saturated heterocycles. The van der Waals surface area contributed by atoms with Crippen molar-refractivity contribution in [2.75, 3.05) is 0 Å². The van der Waals surface area contributed by atoms with Crippen LogP contribution in [0.2, 0.25) is 0 Å². The van der Waals surface area contributed by atoms with Crippen molar-refractivity contribution in [3.63, 3.8) is 0 Å². The number of aromatic amines is 1. The predicted molar refractivity (Wildman–Crippen MR) is 53.5 cm³/mol. The highest BCUT2D eigenvalue weighted by Gasteiger charge is 2.12. The van der Waals surface area contributed by atoms with Gasteiger partial charge in [0.1, 0.15) is 0 Å². The van der Waals surface area contributed by atoms with Crippen LogP contribution in [0.15, 0.2) is 30.6 Å². The smallest absolute Gasteiger partial charge is 0.168 e. The Morgan fingerprint density at radius 1 is 1.07 bits per heavy atom. The van der Waals surface area contributed by atoms with Crippen molar-refractivity contribution < 1.29 is 8.78 Å². The minimum absolute atomic E-state index is 0.262. The van der Waals surface area contributed by atoms with E-state index in [9.17, 15) is 8.78 Å². The molecule has 74 valence electrons. The zero-order valence-corrected chi connectivity index (χ0v) is 7.59. The first-order valence-electron chi connectivity index (χ1n) is 4.47. The summed E-state index contributed by atoms with van der Waals surface area (Å²) < 4.78 is 26.6. The first kappa shape index (κ1) is 8.35. The molecule has 0 amide bonds.